The molecule has 0 aromatic heterocycles. The topological polar surface area (TPSA) is 9.23 Å². The summed E-state index contributed by atoms with van der Waals surface area (Å²) in [5.41, 5.74) is 0.940. The van der Waals surface area contributed by atoms with E-state index >= 15 is 0 Å². The number of ether oxygens (including phenoxy) is 1. The smallest absolute Gasteiger partial charge is 0.130 e. The standard InChI is InChI=1S/C32H51FO/c1-3-5-6-7-24-8-10-25(11-9-24)12-13-26-14-15-28-22-29(17-16-27(28)21-26)31-19-18-30(23-32(31)33)34-20-4-2/h18-19,23-29H,3-17,20-22H2,1-2H3. The monoisotopic (exact) mass is 470 g/mol. The average molecular weight is 471 g/mol. The number of benzene rings is 1. The lowest BCUT2D eigenvalue weighted by atomic mass is 9.63. The maximum Gasteiger partial charge on any atom is 0.130 e. The van der Waals surface area contributed by atoms with Crippen molar-refractivity contribution in [3.8, 4) is 5.75 Å². The summed E-state index contributed by atoms with van der Waals surface area (Å²) in [6.07, 6.45) is 23.6. The molecule has 1 nitrogen and oxygen atoms in total. The fourth-order valence-corrected chi connectivity index (χ4v) is 7.64. The molecule has 3 aliphatic carbocycles. The number of halogens is 1. The Hall–Kier alpha value is -1.05. The molecule has 4 atom stereocenters. The molecule has 3 fully saturated rings. The van der Waals surface area contributed by atoms with Crippen molar-refractivity contribution in [2.75, 3.05) is 6.61 Å². The minimum atomic E-state index is -0.0502. The summed E-state index contributed by atoms with van der Waals surface area (Å²) in [5, 5.41) is 0. The Labute approximate surface area is 209 Å². The Morgan fingerprint density at radius 3 is 2.15 bits per heavy atom. The number of unbranched alkanes of at least 4 members (excludes halogenated alkanes) is 2. The Morgan fingerprint density at radius 1 is 0.735 bits per heavy atom. The first-order valence-electron chi connectivity index (χ1n) is 15.1. The summed E-state index contributed by atoms with van der Waals surface area (Å²) in [6, 6.07) is 5.61. The summed E-state index contributed by atoms with van der Waals surface area (Å²) >= 11 is 0. The van der Waals surface area contributed by atoms with Crippen molar-refractivity contribution < 1.29 is 9.13 Å². The molecule has 0 N–H and O–H groups in total. The van der Waals surface area contributed by atoms with Crippen LogP contribution < -0.4 is 4.74 Å². The molecule has 0 spiro atoms. The number of fused-ring (bicyclic) bond motifs is 1. The lowest BCUT2D eigenvalue weighted by molar-refractivity contribution is 0.108. The van der Waals surface area contributed by atoms with Crippen LogP contribution in [0, 0.1) is 35.4 Å². The Morgan fingerprint density at radius 2 is 1.41 bits per heavy atom. The highest BCUT2D eigenvalue weighted by molar-refractivity contribution is 5.31. The quantitative estimate of drug-likeness (QED) is 0.292. The van der Waals surface area contributed by atoms with Gasteiger partial charge in [0.1, 0.15) is 11.6 Å². The third-order valence-corrected chi connectivity index (χ3v) is 9.77. The van der Waals surface area contributed by atoms with Crippen molar-refractivity contribution in [1.29, 1.82) is 0 Å². The van der Waals surface area contributed by atoms with Crippen LogP contribution in [-0.2, 0) is 0 Å². The predicted molar refractivity (Wildman–Crippen MR) is 142 cm³/mol. The second kappa shape index (κ2) is 13.3. The average Bonchev–Trinajstić information content (AvgIpc) is 2.87. The summed E-state index contributed by atoms with van der Waals surface area (Å²) in [5.74, 6) is 5.79. The van der Waals surface area contributed by atoms with Gasteiger partial charge in [0.05, 0.1) is 6.61 Å². The van der Waals surface area contributed by atoms with Crippen LogP contribution in [0.5, 0.6) is 5.75 Å². The van der Waals surface area contributed by atoms with Gasteiger partial charge in [-0.05, 0) is 85.7 Å². The number of hydrogen-bond acceptors (Lipinski definition) is 1. The molecule has 0 amide bonds. The van der Waals surface area contributed by atoms with Crippen LogP contribution in [0.3, 0.4) is 0 Å². The molecule has 0 bridgehead atoms. The van der Waals surface area contributed by atoms with Crippen LogP contribution >= 0.6 is 0 Å². The molecule has 0 saturated heterocycles. The van der Waals surface area contributed by atoms with Crippen molar-refractivity contribution >= 4 is 0 Å². The molecule has 4 rings (SSSR count). The molecule has 0 heterocycles. The van der Waals surface area contributed by atoms with E-state index < -0.39 is 0 Å². The molecular weight excluding hydrogens is 419 g/mol. The molecule has 2 heteroatoms. The maximum atomic E-state index is 14.8. The lowest BCUT2D eigenvalue weighted by Gasteiger charge is -2.43. The molecule has 4 unspecified atom stereocenters. The van der Waals surface area contributed by atoms with Gasteiger partial charge in [-0.1, -0.05) is 90.5 Å². The third-order valence-electron chi connectivity index (χ3n) is 9.77. The highest BCUT2D eigenvalue weighted by Crippen LogP contribution is 2.49. The van der Waals surface area contributed by atoms with Gasteiger partial charge in [0, 0.05) is 6.07 Å². The molecule has 0 aliphatic heterocycles. The van der Waals surface area contributed by atoms with Gasteiger partial charge in [0.25, 0.3) is 0 Å². The fourth-order valence-electron chi connectivity index (χ4n) is 7.64. The van der Waals surface area contributed by atoms with Gasteiger partial charge in [0.2, 0.25) is 0 Å². The van der Waals surface area contributed by atoms with Crippen LogP contribution in [0.2, 0.25) is 0 Å². The van der Waals surface area contributed by atoms with Crippen LogP contribution in [0.1, 0.15) is 134 Å². The molecule has 3 aliphatic rings. The molecule has 34 heavy (non-hydrogen) atoms. The largest absolute Gasteiger partial charge is 0.494 e. The van der Waals surface area contributed by atoms with E-state index in [1.807, 2.05) is 12.1 Å². The van der Waals surface area contributed by atoms with Gasteiger partial charge in [-0.25, -0.2) is 4.39 Å². The lowest BCUT2D eigenvalue weighted by Crippen LogP contribution is -2.31. The van der Waals surface area contributed by atoms with Gasteiger partial charge in [-0.2, -0.15) is 0 Å². The summed E-state index contributed by atoms with van der Waals surface area (Å²) in [7, 11) is 0. The van der Waals surface area contributed by atoms with Crippen LogP contribution in [0.4, 0.5) is 4.39 Å². The first kappa shape index (κ1) is 26.0. The van der Waals surface area contributed by atoms with Crippen molar-refractivity contribution in [1.82, 2.24) is 0 Å². The zero-order valence-electron chi connectivity index (χ0n) is 22.2. The SMILES string of the molecule is CCCCCC1CCC(CCC2CCC3CC(c4ccc(OCCC)cc4F)CCC3C2)CC1. The summed E-state index contributed by atoms with van der Waals surface area (Å²) in [6.45, 7) is 5.06. The van der Waals surface area contributed by atoms with Gasteiger partial charge < -0.3 is 4.74 Å². The van der Waals surface area contributed by atoms with E-state index in [0.29, 0.717) is 18.3 Å². The fraction of sp³-hybridized carbons (Fsp3) is 0.812. The van der Waals surface area contributed by atoms with Crippen molar-refractivity contribution in [3.05, 3.63) is 29.6 Å². The van der Waals surface area contributed by atoms with Crippen molar-refractivity contribution in [2.24, 2.45) is 29.6 Å². The van der Waals surface area contributed by atoms with E-state index in [1.54, 1.807) is 6.07 Å². The first-order valence-corrected chi connectivity index (χ1v) is 15.1. The zero-order chi connectivity index (χ0) is 23.8. The molecular formula is C32H51FO. The van der Waals surface area contributed by atoms with Crippen LogP contribution in [0.25, 0.3) is 0 Å². The van der Waals surface area contributed by atoms with Crippen LogP contribution in [-0.4, -0.2) is 6.61 Å². The molecule has 1 aromatic carbocycles. The van der Waals surface area contributed by atoms with Crippen LogP contribution in [0.15, 0.2) is 18.2 Å². The molecule has 192 valence electrons. The summed E-state index contributed by atoms with van der Waals surface area (Å²) < 4.78 is 20.5. The van der Waals surface area contributed by atoms with E-state index in [9.17, 15) is 4.39 Å². The van der Waals surface area contributed by atoms with Gasteiger partial charge in [-0.15, -0.1) is 0 Å². The van der Waals surface area contributed by atoms with E-state index in [1.165, 1.54) is 103 Å². The first-order chi connectivity index (χ1) is 16.7. The second-order valence-electron chi connectivity index (χ2n) is 12.2. The number of rotatable bonds is 11. The van der Waals surface area contributed by atoms with Crippen molar-refractivity contribution in [2.45, 2.75) is 129 Å². The normalized spacial score (nSPS) is 31.7. The van der Waals surface area contributed by atoms with Gasteiger partial charge >= 0.3 is 0 Å². The minimum absolute atomic E-state index is 0.0502. The predicted octanol–water partition coefficient (Wildman–Crippen LogP) is 10.1. The van der Waals surface area contributed by atoms with E-state index in [-0.39, 0.29) is 5.82 Å². The van der Waals surface area contributed by atoms with E-state index in [4.69, 9.17) is 4.74 Å². The Bertz CT molecular complexity index is 722. The summed E-state index contributed by atoms with van der Waals surface area (Å²) in [4.78, 5) is 0. The highest BCUT2D eigenvalue weighted by Gasteiger charge is 2.36. The minimum Gasteiger partial charge on any atom is -0.494 e. The molecule has 1 aromatic rings. The third kappa shape index (κ3) is 7.23. The van der Waals surface area contributed by atoms with E-state index in [0.717, 1.165) is 41.6 Å². The number of hydrogen-bond donors (Lipinski definition) is 0. The van der Waals surface area contributed by atoms with E-state index in [2.05, 4.69) is 13.8 Å². The second-order valence-corrected chi connectivity index (χ2v) is 12.2. The zero-order valence-corrected chi connectivity index (χ0v) is 22.2. The Balaban J connectivity index is 1.17. The maximum absolute atomic E-state index is 14.8. The van der Waals surface area contributed by atoms with Gasteiger partial charge in [-0.3, -0.25) is 0 Å². The highest BCUT2D eigenvalue weighted by atomic mass is 19.1. The van der Waals surface area contributed by atoms with Crippen molar-refractivity contribution in [3.63, 3.8) is 0 Å². The molecule has 0 radical (unpaired) electrons. The van der Waals surface area contributed by atoms with Gasteiger partial charge in [0.15, 0.2) is 0 Å². The molecule has 3 saturated carbocycles. The Kier molecular flexibility index (Phi) is 10.2.